The Balaban J connectivity index is -0.000000308. The van der Waals surface area contributed by atoms with E-state index in [0.29, 0.717) is 0 Å². The Kier molecular flexibility index (Phi) is 12.4. The van der Waals surface area contributed by atoms with E-state index in [1.54, 1.807) is 0 Å². The molecule has 2 aromatic carbocycles. The van der Waals surface area contributed by atoms with Crippen molar-refractivity contribution >= 4 is 0 Å². The molecular formula is C22H36Hf. The number of hydrogen-bond donors (Lipinski definition) is 0. The van der Waals surface area contributed by atoms with Crippen molar-refractivity contribution in [3.63, 3.8) is 0 Å². The second-order valence-corrected chi connectivity index (χ2v) is 6.25. The Morgan fingerprint density at radius 3 is 0.609 bits per heavy atom. The third kappa shape index (κ3) is 5.28. The maximum Gasteiger partial charge on any atom is 4.00 e. The fourth-order valence-electron chi connectivity index (χ4n) is 2.81. The molecule has 0 saturated carbocycles. The molecule has 0 nitrogen and oxygen atoms in total. The fraction of sp³-hybridized carbons (Fsp3) is 0.455. The van der Waals surface area contributed by atoms with Gasteiger partial charge in [0.05, 0.1) is 0 Å². The molecule has 0 heterocycles. The van der Waals surface area contributed by atoms with Crippen LogP contribution < -0.4 is 0 Å². The molecule has 0 aliphatic rings. The van der Waals surface area contributed by atoms with E-state index in [9.17, 15) is 0 Å². The van der Waals surface area contributed by atoms with Crippen LogP contribution in [-0.4, -0.2) is 0 Å². The van der Waals surface area contributed by atoms with Gasteiger partial charge in [0.1, 0.15) is 0 Å². The predicted molar refractivity (Wildman–Crippen MR) is 104 cm³/mol. The van der Waals surface area contributed by atoms with Crippen LogP contribution in [0, 0.1) is 84.1 Å². The molecule has 0 radical (unpaired) electrons. The molecule has 0 aliphatic carbocycles. The van der Waals surface area contributed by atoms with E-state index in [1.165, 1.54) is 55.6 Å². The van der Waals surface area contributed by atoms with Crippen molar-refractivity contribution in [2.75, 3.05) is 0 Å². The van der Waals surface area contributed by atoms with Crippen LogP contribution in [0.25, 0.3) is 0 Å². The summed E-state index contributed by atoms with van der Waals surface area (Å²) in [5, 5.41) is 0. The van der Waals surface area contributed by atoms with Gasteiger partial charge < -0.3 is 14.9 Å². The van der Waals surface area contributed by atoms with Gasteiger partial charge in [0.25, 0.3) is 0 Å². The van der Waals surface area contributed by atoms with E-state index in [4.69, 9.17) is 0 Å². The summed E-state index contributed by atoms with van der Waals surface area (Å²) < 4.78 is 0. The average molecular weight is 479 g/mol. The van der Waals surface area contributed by atoms with Gasteiger partial charge in [-0.1, -0.05) is 69.2 Å². The smallest absolute Gasteiger partial charge is 0.358 e. The zero-order valence-electron chi connectivity index (χ0n) is 17.5. The van der Waals surface area contributed by atoms with Crippen LogP contribution in [-0.2, 0) is 25.8 Å². The van der Waals surface area contributed by atoms with Gasteiger partial charge in [0, 0.05) is 0 Å². The molecule has 0 amide bonds. The van der Waals surface area contributed by atoms with E-state index in [2.05, 4.69) is 69.2 Å². The standard InChI is InChI=1S/2C10H15.2CH3.Hf/c2*1-6-7(2)9(4)10(5)8(6)3;;;/h2*1-5H3;2*1H3;/q4*-1;+4. The minimum absolute atomic E-state index is 0. The van der Waals surface area contributed by atoms with Gasteiger partial charge >= 0.3 is 25.8 Å². The van der Waals surface area contributed by atoms with Crippen LogP contribution >= 0.6 is 0 Å². The SMILES string of the molecule is Cc1c(C)c(C)[c-](C)c1C.Cc1c(C)c(C)[c-](C)c1C.[CH3-].[CH3-].[Hf+4]. The molecule has 0 fully saturated rings. The largest absolute Gasteiger partial charge is 4.00 e. The van der Waals surface area contributed by atoms with Gasteiger partial charge in [-0.25, -0.2) is 0 Å². The van der Waals surface area contributed by atoms with Crippen molar-refractivity contribution in [1.29, 1.82) is 0 Å². The summed E-state index contributed by atoms with van der Waals surface area (Å²) in [4.78, 5) is 0. The van der Waals surface area contributed by atoms with Crippen molar-refractivity contribution in [3.8, 4) is 0 Å². The molecule has 0 atom stereocenters. The first-order chi connectivity index (χ1) is 9.11. The van der Waals surface area contributed by atoms with Crippen molar-refractivity contribution in [2.45, 2.75) is 69.2 Å². The summed E-state index contributed by atoms with van der Waals surface area (Å²) in [6.45, 7) is 22.0. The molecule has 2 rings (SSSR count). The molecule has 0 N–H and O–H groups in total. The van der Waals surface area contributed by atoms with E-state index in [-0.39, 0.29) is 40.7 Å². The topological polar surface area (TPSA) is 0 Å². The monoisotopic (exact) mass is 480 g/mol. The van der Waals surface area contributed by atoms with Crippen LogP contribution in [0.2, 0.25) is 0 Å². The average Bonchev–Trinajstić information content (AvgIpc) is 2.71. The first-order valence-electron chi connectivity index (χ1n) is 7.50. The third-order valence-electron chi connectivity index (χ3n) is 5.62. The molecule has 2 aromatic rings. The van der Waals surface area contributed by atoms with Crippen LogP contribution in [0.1, 0.15) is 55.6 Å². The van der Waals surface area contributed by atoms with Crippen molar-refractivity contribution < 1.29 is 25.8 Å². The molecule has 1 heteroatoms. The Bertz CT molecular complexity index is 405. The second kappa shape index (κ2) is 10.4. The minimum atomic E-state index is 0. The Hall–Kier alpha value is -0.430. The summed E-state index contributed by atoms with van der Waals surface area (Å²) >= 11 is 0. The van der Waals surface area contributed by atoms with Crippen molar-refractivity contribution in [2.24, 2.45) is 0 Å². The Morgan fingerprint density at radius 2 is 0.565 bits per heavy atom. The maximum absolute atomic E-state index is 2.20. The molecular weight excluding hydrogens is 443 g/mol. The fourth-order valence-corrected chi connectivity index (χ4v) is 2.81. The summed E-state index contributed by atoms with van der Waals surface area (Å²) in [5.74, 6) is 0. The van der Waals surface area contributed by atoms with Crippen LogP contribution in [0.3, 0.4) is 0 Å². The predicted octanol–water partition coefficient (Wildman–Crippen LogP) is 6.79. The van der Waals surface area contributed by atoms with Crippen LogP contribution in [0.15, 0.2) is 0 Å². The van der Waals surface area contributed by atoms with E-state index < -0.39 is 0 Å². The molecule has 0 aliphatic heterocycles. The summed E-state index contributed by atoms with van der Waals surface area (Å²) in [6, 6.07) is 0. The van der Waals surface area contributed by atoms with Gasteiger partial charge in [0.15, 0.2) is 0 Å². The van der Waals surface area contributed by atoms with Crippen LogP contribution in [0.4, 0.5) is 0 Å². The molecule has 0 saturated heterocycles. The van der Waals surface area contributed by atoms with Gasteiger partial charge in [-0.3, -0.25) is 0 Å². The quantitative estimate of drug-likeness (QED) is 0.289. The molecule has 0 unspecified atom stereocenters. The molecule has 23 heavy (non-hydrogen) atoms. The molecule has 0 aromatic heterocycles. The first-order valence-corrected chi connectivity index (χ1v) is 7.50. The van der Waals surface area contributed by atoms with Crippen molar-refractivity contribution in [1.82, 2.24) is 0 Å². The normalized spacial score (nSPS) is 9.13. The van der Waals surface area contributed by atoms with E-state index in [0.717, 1.165) is 0 Å². The summed E-state index contributed by atoms with van der Waals surface area (Å²) in [6.07, 6.45) is 0. The van der Waals surface area contributed by atoms with Gasteiger partial charge in [0.2, 0.25) is 0 Å². The number of rotatable bonds is 0. The summed E-state index contributed by atoms with van der Waals surface area (Å²) in [5.41, 5.74) is 14.7. The summed E-state index contributed by atoms with van der Waals surface area (Å²) in [7, 11) is 0. The zero-order chi connectivity index (χ0) is 15.8. The Morgan fingerprint density at radius 1 is 0.435 bits per heavy atom. The number of hydrogen-bond acceptors (Lipinski definition) is 0. The van der Waals surface area contributed by atoms with E-state index >= 15 is 0 Å². The minimum Gasteiger partial charge on any atom is -0.358 e. The van der Waals surface area contributed by atoms with Crippen LogP contribution in [0.5, 0.6) is 0 Å². The molecule has 0 bridgehead atoms. The van der Waals surface area contributed by atoms with Gasteiger partial charge in [-0.2, -0.15) is 55.6 Å². The molecule has 128 valence electrons. The third-order valence-corrected chi connectivity index (χ3v) is 5.62. The van der Waals surface area contributed by atoms with Crippen molar-refractivity contribution in [3.05, 3.63) is 70.5 Å². The zero-order valence-corrected chi connectivity index (χ0v) is 21.1. The Labute approximate surface area is 165 Å². The van der Waals surface area contributed by atoms with Gasteiger partial charge in [-0.15, -0.1) is 0 Å². The van der Waals surface area contributed by atoms with E-state index in [1.807, 2.05) is 0 Å². The first kappa shape index (κ1) is 27.4. The maximum atomic E-state index is 2.20. The van der Waals surface area contributed by atoms with Gasteiger partial charge in [-0.05, 0) is 0 Å². The second-order valence-electron chi connectivity index (χ2n) is 6.25. The molecule has 0 spiro atoms.